The van der Waals surface area contributed by atoms with Gasteiger partial charge in [-0.2, -0.15) is 5.26 Å². The Morgan fingerprint density at radius 2 is 1.00 bits per heavy atom. The minimum atomic E-state index is 0.489. The second-order valence-electron chi connectivity index (χ2n) is 12.2. The van der Waals surface area contributed by atoms with Gasteiger partial charge in [0, 0.05) is 39.2 Å². The van der Waals surface area contributed by atoms with Crippen molar-refractivity contribution < 1.29 is 4.42 Å². The van der Waals surface area contributed by atoms with E-state index < -0.39 is 0 Å². The van der Waals surface area contributed by atoms with E-state index in [-0.39, 0.29) is 0 Å². The summed E-state index contributed by atoms with van der Waals surface area (Å²) in [6.07, 6.45) is 1.85. The Balaban J connectivity index is 1.24. The number of nitriles is 1. The van der Waals surface area contributed by atoms with Crippen molar-refractivity contribution >= 4 is 21.9 Å². The van der Waals surface area contributed by atoms with Gasteiger partial charge in [0.1, 0.15) is 11.2 Å². The molecule has 0 unspecified atom stereocenters. The second kappa shape index (κ2) is 12.7. The monoisotopic (exact) mass is 653 g/mol. The minimum Gasteiger partial charge on any atom is -0.455 e. The fraction of sp³-hybridized carbons (Fsp3) is 0. The largest absolute Gasteiger partial charge is 0.455 e. The van der Waals surface area contributed by atoms with E-state index in [1.54, 1.807) is 0 Å². The van der Waals surface area contributed by atoms with E-state index in [1.807, 2.05) is 109 Å². The lowest BCUT2D eigenvalue weighted by molar-refractivity contribution is 0.669. The number of aromatic nitrogens is 4. The van der Waals surface area contributed by atoms with Crippen LogP contribution in [0.15, 0.2) is 168 Å². The molecule has 0 amide bonds. The highest BCUT2D eigenvalue weighted by molar-refractivity contribution is 6.12. The average molecular weight is 654 g/mol. The van der Waals surface area contributed by atoms with Crippen molar-refractivity contribution in [3.05, 3.63) is 169 Å². The van der Waals surface area contributed by atoms with Crippen LogP contribution in [0.4, 0.5) is 0 Å². The molecule has 0 aliphatic rings. The second-order valence-corrected chi connectivity index (χ2v) is 12.2. The molecule has 0 radical (unpaired) electrons. The van der Waals surface area contributed by atoms with Crippen LogP contribution in [-0.4, -0.2) is 19.9 Å². The molecule has 0 saturated heterocycles. The standard InChI is InChI=1S/C45H27N5O/c46-27-29-15-17-32(18-16-29)35-23-26-39(47-28-35)38-25-24-37-36-13-7-8-14-40(36)51-42(37)41(38)45-49-43(33-11-5-2-6-12-33)48-44(50-45)34-21-19-31(20-22-34)30-9-3-1-4-10-30/h1-26,28H. The molecule has 9 rings (SSSR count). The SMILES string of the molecule is N#Cc1ccc(-c2ccc(-c3ccc4c(oc5ccccc54)c3-c3nc(-c4ccccc4)nc(-c4ccc(-c5ccccc5)cc4)n3)nc2)cc1. The summed E-state index contributed by atoms with van der Waals surface area (Å²) in [6, 6.07) is 54.5. The van der Waals surface area contributed by atoms with Crippen molar-refractivity contribution in [1.29, 1.82) is 5.26 Å². The molecule has 9 aromatic rings. The quantitative estimate of drug-likeness (QED) is 0.177. The van der Waals surface area contributed by atoms with Gasteiger partial charge >= 0.3 is 0 Å². The third-order valence-corrected chi connectivity index (χ3v) is 9.07. The first kappa shape index (κ1) is 29.9. The topological polar surface area (TPSA) is 88.5 Å². The fourth-order valence-corrected chi connectivity index (χ4v) is 6.46. The highest BCUT2D eigenvalue weighted by atomic mass is 16.3. The number of hydrogen-bond donors (Lipinski definition) is 0. The van der Waals surface area contributed by atoms with Crippen molar-refractivity contribution in [3.8, 4) is 73.7 Å². The van der Waals surface area contributed by atoms with Crippen LogP contribution in [0.2, 0.25) is 0 Å². The maximum Gasteiger partial charge on any atom is 0.168 e. The van der Waals surface area contributed by atoms with E-state index in [2.05, 4.69) is 60.7 Å². The molecule has 6 nitrogen and oxygen atoms in total. The summed E-state index contributed by atoms with van der Waals surface area (Å²) in [7, 11) is 0. The number of benzene rings is 6. The molecule has 0 N–H and O–H groups in total. The molecule has 0 saturated carbocycles. The predicted molar refractivity (Wildman–Crippen MR) is 202 cm³/mol. The first-order chi connectivity index (χ1) is 25.2. The maximum atomic E-state index is 9.24. The molecular weight excluding hydrogens is 627 g/mol. The number of para-hydroxylation sites is 1. The number of nitrogens with zero attached hydrogens (tertiary/aromatic N) is 5. The van der Waals surface area contributed by atoms with Gasteiger partial charge in [-0.15, -0.1) is 0 Å². The molecule has 0 aliphatic carbocycles. The van der Waals surface area contributed by atoms with E-state index in [0.29, 0.717) is 28.6 Å². The third-order valence-electron chi connectivity index (χ3n) is 9.07. The van der Waals surface area contributed by atoms with Crippen molar-refractivity contribution in [2.75, 3.05) is 0 Å². The molecule has 3 heterocycles. The van der Waals surface area contributed by atoms with Crippen molar-refractivity contribution in [1.82, 2.24) is 19.9 Å². The van der Waals surface area contributed by atoms with Crippen molar-refractivity contribution in [2.24, 2.45) is 0 Å². The first-order valence-corrected chi connectivity index (χ1v) is 16.6. The molecule has 6 aromatic carbocycles. The molecule has 6 heteroatoms. The number of hydrogen-bond acceptors (Lipinski definition) is 6. The van der Waals surface area contributed by atoms with Crippen LogP contribution in [0.3, 0.4) is 0 Å². The zero-order chi connectivity index (χ0) is 34.1. The summed E-state index contributed by atoms with van der Waals surface area (Å²) in [6.45, 7) is 0. The lowest BCUT2D eigenvalue weighted by Crippen LogP contribution is -2.02. The third kappa shape index (κ3) is 5.59. The van der Waals surface area contributed by atoms with Gasteiger partial charge in [0.2, 0.25) is 0 Å². The van der Waals surface area contributed by atoms with Crippen molar-refractivity contribution in [3.63, 3.8) is 0 Å². The Kier molecular flexibility index (Phi) is 7.42. The van der Waals surface area contributed by atoms with Gasteiger partial charge in [0.05, 0.1) is 22.9 Å². The number of furan rings is 1. The number of pyridine rings is 1. The number of rotatable bonds is 6. The highest BCUT2D eigenvalue weighted by Crippen LogP contribution is 2.41. The van der Waals surface area contributed by atoms with Gasteiger partial charge in [0.25, 0.3) is 0 Å². The van der Waals surface area contributed by atoms with Crippen LogP contribution in [0.1, 0.15) is 5.56 Å². The molecule has 0 atom stereocenters. The Labute approximate surface area is 294 Å². The average Bonchev–Trinajstić information content (AvgIpc) is 3.60. The van der Waals surface area contributed by atoms with Gasteiger partial charge in [-0.05, 0) is 47.0 Å². The minimum absolute atomic E-state index is 0.489. The van der Waals surface area contributed by atoms with Gasteiger partial charge in [-0.3, -0.25) is 4.98 Å². The van der Waals surface area contributed by atoms with Gasteiger partial charge in [-0.25, -0.2) is 15.0 Å². The summed E-state index contributed by atoms with van der Waals surface area (Å²) < 4.78 is 6.62. The fourth-order valence-electron chi connectivity index (χ4n) is 6.46. The van der Waals surface area contributed by atoms with E-state index in [0.717, 1.165) is 66.6 Å². The molecule has 0 aliphatic heterocycles. The molecular formula is C45H27N5O. The maximum absolute atomic E-state index is 9.24. The molecule has 0 spiro atoms. The summed E-state index contributed by atoms with van der Waals surface area (Å²) >= 11 is 0. The van der Waals surface area contributed by atoms with Crippen LogP contribution in [0.5, 0.6) is 0 Å². The van der Waals surface area contributed by atoms with Crippen LogP contribution in [0.25, 0.3) is 89.6 Å². The van der Waals surface area contributed by atoms with E-state index in [4.69, 9.17) is 24.4 Å². The van der Waals surface area contributed by atoms with Crippen LogP contribution < -0.4 is 0 Å². The molecule has 0 bridgehead atoms. The van der Waals surface area contributed by atoms with Gasteiger partial charge in [0.15, 0.2) is 17.5 Å². The molecule has 3 aromatic heterocycles. The lowest BCUT2D eigenvalue weighted by atomic mass is 9.98. The Morgan fingerprint density at radius 3 is 1.69 bits per heavy atom. The first-order valence-electron chi connectivity index (χ1n) is 16.6. The zero-order valence-corrected chi connectivity index (χ0v) is 27.2. The Hall–Kier alpha value is -7.23. The highest BCUT2D eigenvalue weighted by Gasteiger charge is 2.22. The smallest absolute Gasteiger partial charge is 0.168 e. The molecule has 238 valence electrons. The number of fused-ring (bicyclic) bond motifs is 3. The normalized spacial score (nSPS) is 11.1. The molecule has 0 fully saturated rings. The summed E-state index contributed by atoms with van der Waals surface area (Å²) in [4.78, 5) is 20.2. The van der Waals surface area contributed by atoms with E-state index in [9.17, 15) is 5.26 Å². The van der Waals surface area contributed by atoms with Gasteiger partial charge < -0.3 is 4.42 Å². The van der Waals surface area contributed by atoms with Gasteiger partial charge in [-0.1, -0.05) is 127 Å². The van der Waals surface area contributed by atoms with Crippen LogP contribution >= 0.6 is 0 Å². The van der Waals surface area contributed by atoms with Crippen molar-refractivity contribution in [2.45, 2.75) is 0 Å². The van der Waals surface area contributed by atoms with Crippen LogP contribution in [0, 0.1) is 11.3 Å². The van der Waals surface area contributed by atoms with E-state index in [1.165, 1.54) is 0 Å². The Bertz CT molecular complexity index is 2710. The summed E-state index contributed by atoms with van der Waals surface area (Å²) in [5.41, 5.74) is 10.3. The zero-order valence-electron chi connectivity index (χ0n) is 27.2. The van der Waals surface area contributed by atoms with E-state index >= 15 is 0 Å². The summed E-state index contributed by atoms with van der Waals surface area (Å²) in [5, 5.41) is 11.2. The summed E-state index contributed by atoms with van der Waals surface area (Å²) in [5.74, 6) is 1.61. The predicted octanol–water partition coefficient (Wildman–Crippen LogP) is 11.0. The molecule has 51 heavy (non-hydrogen) atoms. The lowest BCUT2D eigenvalue weighted by Gasteiger charge is -2.13. The Morgan fingerprint density at radius 1 is 0.451 bits per heavy atom. The van der Waals surface area contributed by atoms with Crippen LogP contribution in [-0.2, 0) is 0 Å².